The molecule has 0 saturated heterocycles. The van der Waals surface area contributed by atoms with Crippen LogP contribution in [0.1, 0.15) is 53.3 Å². The van der Waals surface area contributed by atoms with Gasteiger partial charge in [-0.2, -0.15) is 0 Å². The maximum absolute atomic E-state index is 14.1. The number of hydrogen-bond acceptors (Lipinski definition) is 5. The largest absolute Gasteiger partial charge is 0.351 e. The van der Waals surface area contributed by atoms with Crippen LogP contribution in [0.25, 0.3) is 0 Å². The smallest absolute Gasteiger partial charge is 0.280 e. The van der Waals surface area contributed by atoms with Crippen molar-refractivity contribution in [2.24, 2.45) is 0 Å². The highest BCUT2D eigenvalue weighted by atomic mass is 32.1. The number of nitrogens with zero attached hydrogens (tertiary/aromatic N) is 3. The first-order valence-electron chi connectivity index (χ1n) is 10.3. The van der Waals surface area contributed by atoms with E-state index in [0.717, 1.165) is 42.8 Å². The summed E-state index contributed by atoms with van der Waals surface area (Å²) in [6.07, 6.45) is 3.96. The molecule has 2 aromatic carbocycles. The van der Waals surface area contributed by atoms with E-state index in [1.54, 1.807) is 6.07 Å². The summed E-state index contributed by atoms with van der Waals surface area (Å²) in [5.41, 5.74) is 2.00. The van der Waals surface area contributed by atoms with Crippen LogP contribution in [0.15, 0.2) is 53.9 Å². The highest BCUT2D eigenvalue weighted by molar-refractivity contribution is 7.03. The van der Waals surface area contributed by atoms with Crippen molar-refractivity contribution in [1.29, 1.82) is 0 Å². The van der Waals surface area contributed by atoms with Gasteiger partial charge in [0.25, 0.3) is 5.91 Å². The van der Waals surface area contributed by atoms with Gasteiger partial charge in [-0.15, -0.1) is 5.10 Å². The van der Waals surface area contributed by atoms with Gasteiger partial charge in [-0.1, -0.05) is 53.2 Å². The number of amides is 2. The number of aryl methyl sites for hydroxylation is 1. The number of carbonyl (C=O) groups excluding carboxylic acids is 2. The Morgan fingerprint density at radius 3 is 2.61 bits per heavy atom. The quantitative estimate of drug-likeness (QED) is 0.618. The zero-order valence-corrected chi connectivity index (χ0v) is 17.9. The number of nitrogens with one attached hydrogen (secondary N) is 1. The fourth-order valence-electron chi connectivity index (χ4n) is 4.00. The first-order chi connectivity index (χ1) is 15.0. The van der Waals surface area contributed by atoms with E-state index >= 15 is 0 Å². The lowest BCUT2D eigenvalue weighted by molar-refractivity contribution is -0.123. The van der Waals surface area contributed by atoms with Crippen LogP contribution < -0.4 is 10.2 Å². The molecule has 0 spiro atoms. The summed E-state index contributed by atoms with van der Waals surface area (Å²) in [5, 5.41) is 8.52. The summed E-state index contributed by atoms with van der Waals surface area (Å²) in [7, 11) is 0. The predicted molar refractivity (Wildman–Crippen MR) is 117 cm³/mol. The van der Waals surface area contributed by atoms with Gasteiger partial charge in [0.15, 0.2) is 5.69 Å². The summed E-state index contributed by atoms with van der Waals surface area (Å²) in [5.74, 6) is -1.29. The Morgan fingerprint density at radius 2 is 1.94 bits per heavy atom. The second-order valence-electron chi connectivity index (χ2n) is 7.75. The SMILES string of the molecule is Cc1cccc([C@@H](C(=O)NC2CCCC2)N(C(=O)c2csnn2)c2cccc(F)c2)c1. The van der Waals surface area contributed by atoms with Gasteiger partial charge in [0.1, 0.15) is 11.9 Å². The lowest BCUT2D eigenvalue weighted by atomic mass is 10.00. The number of aromatic nitrogens is 2. The van der Waals surface area contributed by atoms with Crippen LogP contribution in [0.4, 0.5) is 10.1 Å². The van der Waals surface area contributed by atoms with Crippen molar-refractivity contribution in [1.82, 2.24) is 14.9 Å². The van der Waals surface area contributed by atoms with Crippen molar-refractivity contribution < 1.29 is 14.0 Å². The topological polar surface area (TPSA) is 75.2 Å². The van der Waals surface area contributed by atoms with E-state index in [-0.39, 0.29) is 23.3 Å². The molecule has 0 aliphatic heterocycles. The number of anilines is 1. The van der Waals surface area contributed by atoms with Gasteiger partial charge in [-0.05, 0) is 55.1 Å². The monoisotopic (exact) mass is 438 g/mol. The molecule has 1 heterocycles. The highest BCUT2D eigenvalue weighted by Gasteiger charge is 2.35. The average Bonchev–Trinajstić information content (AvgIpc) is 3.45. The zero-order chi connectivity index (χ0) is 21.8. The molecule has 8 heteroatoms. The lowest BCUT2D eigenvalue weighted by Gasteiger charge is -2.32. The van der Waals surface area contributed by atoms with Crippen molar-refractivity contribution in [3.8, 4) is 0 Å². The van der Waals surface area contributed by atoms with E-state index in [9.17, 15) is 14.0 Å². The lowest BCUT2D eigenvalue weighted by Crippen LogP contribution is -2.46. The molecule has 1 N–H and O–H groups in total. The van der Waals surface area contributed by atoms with E-state index in [2.05, 4.69) is 14.9 Å². The molecular weight excluding hydrogens is 415 g/mol. The molecule has 3 aromatic rings. The third-order valence-corrected chi connectivity index (χ3v) is 5.95. The molecule has 1 aliphatic carbocycles. The van der Waals surface area contributed by atoms with Crippen LogP contribution in [-0.4, -0.2) is 27.4 Å². The third kappa shape index (κ3) is 4.80. The molecule has 2 amide bonds. The first kappa shape index (κ1) is 21.1. The third-order valence-electron chi connectivity index (χ3n) is 5.45. The fourth-order valence-corrected chi connectivity index (χ4v) is 4.43. The minimum Gasteiger partial charge on any atom is -0.351 e. The molecule has 1 atom stereocenters. The number of carbonyl (C=O) groups is 2. The molecule has 0 bridgehead atoms. The molecule has 1 saturated carbocycles. The van der Waals surface area contributed by atoms with Gasteiger partial charge in [0.05, 0.1) is 0 Å². The van der Waals surface area contributed by atoms with Crippen LogP contribution >= 0.6 is 11.5 Å². The van der Waals surface area contributed by atoms with Crippen LogP contribution in [0.3, 0.4) is 0 Å². The Kier molecular flexibility index (Phi) is 6.36. The van der Waals surface area contributed by atoms with E-state index in [1.165, 1.54) is 28.5 Å². The van der Waals surface area contributed by atoms with Crippen LogP contribution in [0.5, 0.6) is 0 Å². The van der Waals surface area contributed by atoms with Gasteiger partial charge >= 0.3 is 0 Å². The Hall–Kier alpha value is -3.13. The number of hydrogen-bond donors (Lipinski definition) is 1. The first-order valence-corrected chi connectivity index (χ1v) is 11.1. The molecule has 4 rings (SSSR count). The minimum absolute atomic E-state index is 0.0743. The molecule has 1 aliphatic rings. The van der Waals surface area contributed by atoms with Crippen molar-refractivity contribution in [3.05, 3.63) is 76.5 Å². The predicted octanol–water partition coefficient (Wildman–Crippen LogP) is 4.43. The van der Waals surface area contributed by atoms with Gasteiger partial charge in [-0.3, -0.25) is 14.5 Å². The molecule has 6 nitrogen and oxygen atoms in total. The van der Waals surface area contributed by atoms with Crippen LogP contribution in [0.2, 0.25) is 0 Å². The van der Waals surface area contributed by atoms with Gasteiger partial charge in [0.2, 0.25) is 5.91 Å². The molecule has 31 heavy (non-hydrogen) atoms. The molecular formula is C23H23FN4O2S. The van der Waals surface area contributed by atoms with Gasteiger partial charge in [0, 0.05) is 17.1 Å². The van der Waals surface area contributed by atoms with Gasteiger partial charge in [-0.25, -0.2) is 4.39 Å². The minimum atomic E-state index is -0.975. The van der Waals surface area contributed by atoms with Crippen molar-refractivity contribution in [2.75, 3.05) is 4.90 Å². The van der Waals surface area contributed by atoms with Crippen molar-refractivity contribution in [2.45, 2.75) is 44.7 Å². The molecule has 1 aromatic heterocycles. The fraction of sp³-hybridized carbons (Fsp3) is 0.304. The van der Waals surface area contributed by atoms with Crippen molar-refractivity contribution in [3.63, 3.8) is 0 Å². The summed E-state index contributed by atoms with van der Waals surface area (Å²) in [6.45, 7) is 1.92. The molecule has 1 fully saturated rings. The number of halogens is 1. The summed E-state index contributed by atoms with van der Waals surface area (Å²) >= 11 is 1.04. The molecule has 160 valence electrons. The zero-order valence-electron chi connectivity index (χ0n) is 17.1. The van der Waals surface area contributed by atoms with E-state index < -0.39 is 17.8 Å². The number of rotatable bonds is 6. The second-order valence-corrected chi connectivity index (χ2v) is 8.36. The number of benzene rings is 2. The molecule has 0 radical (unpaired) electrons. The van der Waals surface area contributed by atoms with E-state index in [0.29, 0.717) is 5.56 Å². The summed E-state index contributed by atoms with van der Waals surface area (Å²) in [4.78, 5) is 28.4. The maximum atomic E-state index is 14.1. The average molecular weight is 439 g/mol. The highest BCUT2D eigenvalue weighted by Crippen LogP contribution is 2.31. The van der Waals surface area contributed by atoms with E-state index in [1.807, 2.05) is 31.2 Å². The van der Waals surface area contributed by atoms with Gasteiger partial charge < -0.3 is 5.32 Å². The Morgan fingerprint density at radius 1 is 1.16 bits per heavy atom. The molecule has 0 unspecified atom stereocenters. The van der Waals surface area contributed by atoms with Crippen LogP contribution in [-0.2, 0) is 4.79 Å². The van der Waals surface area contributed by atoms with Crippen molar-refractivity contribution >= 4 is 29.0 Å². The second kappa shape index (κ2) is 9.34. The Bertz CT molecular complexity index is 1070. The Balaban J connectivity index is 1.82. The van der Waals surface area contributed by atoms with Crippen LogP contribution in [0, 0.1) is 12.7 Å². The summed E-state index contributed by atoms with van der Waals surface area (Å²) in [6, 6.07) is 12.2. The summed E-state index contributed by atoms with van der Waals surface area (Å²) < 4.78 is 17.9. The maximum Gasteiger partial charge on any atom is 0.280 e. The van der Waals surface area contributed by atoms with E-state index in [4.69, 9.17) is 0 Å². The Labute approximate surface area is 184 Å². The normalized spacial score (nSPS) is 14.9. The standard InChI is InChI=1S/C23H23FN4O2S/c1-15-6-4-7-16(12-15)21(22(29)25-18-9-2-3-10-18)28(19-11-5-8-17(24)13-19)23(30)20-14-31-27-26-20/h4-8,11-14,18,21H,2-3,9-10H2,1H3,(H,25,29)/t21-/m0/s1.